The minimum atomic E-state index is -0.791. The third-order valence-corrected chi connectivity index (χ3v) is 4.48. The predicted molar refractivity (Wildman–Crippen MR) is 77.1 cm³/mol. The van der Waals surface area contributed by atoms with Crippen molar-refractivity contribution in [3.63, 3.8) is 0 Å². The number of hydrogen-bond acceptors (Lipinski definition) is 5. The van der Waals surface area contributed by atoms with Crippen molar-refractivity contribution in [1.29, 1.82) is 0 Å². The van der Waals surface area contributed by atoms with Crippen molar-refractivity contribution in [2.45, 2.75) is 25.9 Å². The molecule has 2 rings (SSSR count). The number of carbonyl (C=O) groups is 2. The zero-order chi connectivity index (χ0) is 15.4. The molecule has 21 heavy (non-hydrogen) atoms. The summed E-state index contributed by atoms with van der Waals surface area (Å²) in [7, 11) is 0. The lowest BCUT2D eigenvalue weighted by Crippen LogP contribution is -2.57. The van der Waals surface area contributed by atoms with Gasteiger partial charge in [0.15, 0.2) is 0 Å². The van der Waals surface area contributed by atoms with Gasteiger partial charge in [0, 0.05) is 39.3 Å². The lowest BCUT2D eigenvalue weighted by molar-refractivity contribution is -0.145. The summed E-state index contributed by atoms with van der Waals surface area (Å²) in [4.78, 5) is 29.4. The van der Waals surface area contributed by atoms with Crippen molar-refractivity contribution in [2.75, 3.05) is 52.5 Å². The molecule has 7 nitrogen and oxygen atoms in total. The van der Waals surface area contributed by atoms with E-state index in [4.69, 9.17) is 9.84 Å². The molecule has 7 heteroatoms. The molecule has 0 radical (unpaired) electrons. The second-order valence-corrected chi connectivity index (χ2v) is 5.70. The van der Waals surface area contributed by atoms with Gasteiger partial charge in [-0.25, -0.2) is 0 Å². The Morgan fingerprint density at radius 2 is 1.38 bits per heavy atom. The Hall–Kier alpha value is -1.18. The highest BCUT2D eigenvalue weighted by atomic mass is 16.5. The van der Waals surface area contributed by atoms with Gasteiger partial charge in [0.05, 0.1) is 19.3 Å². The third-order valence-electron chi connectivity index (χ3n) is 4.48. The number of carboxylic acids is 1. The average Bonchev–Trinajstić information content (AvgIpc) is 2.53. The molecule has 0 aliphatic carbocycles. The van der Waals surface area contributed by atoms with Crippen LogP contribution < -0.4 is 0 Å². The van der Waals surface area contributed by atoms with Gasteiger partial charge in [0.1, 0.15) is 6.04 Å². The van der Waals surface area contributed by atoms with Gasteiger partial charge in [-0.2, -0.15) is 0 Å². The molecular formula is C14H25N3O4. The van der Waals surface area contributed by atoms with Gasteiger partial charge in [-0.05, 0) is 13.8 Å². The van der Waals surface area contributed by atoms with E-state index in [9.17, 15) is 9.59 Å². The molecule has 0 aromatic carbocycles. The molecule has 2 aliphatic rings. The van der Waals surface area contributed by atoms with Crippen LogP contribution in [0.3, 0.4) is 0 Å². The Morgan fingerprint density at radius 3 is 1.86 bits per heavy atom. The second kappa shape index (κ2) is 7.20. The van der Waals surface area contributed by atoms with E-state index in [0.29, 0.717) is 39.4 Å². The lowest BCUT2D eigenvalue weighted by Gasteiger charge is -2.40. The molecule has 0 aromatic rings. The largest absolute Gasteiger partial charge is 0.480 e. The number of carbonyl (C=O) groups excluding carboxylic acids is 1. The lowest BCUT2D eigenvalue weighted by atomic mass is 10.1. The summed E-state index contributed by atoms with van der Waals surface area (Å²) >= 11 is 0. The molecule has 2 saturated heterocycles. The van der Waals surface area contributed by atoms with Crippen molar-refractivity contribution in [2.24, 2.45) is 0 Å². The van der Waals surface area contributed by atoms with E-state index < -0.39 is 12.0 Å². The van der Waals surface area contributed by atoms with E-state index in [-0.39, 0.29) is 11.9 Å². The fraction of sp³-hybridized carbons (Fsp3) is 0.857. The van der Waals surface area contributed by atoms with Crippen molar-refractivity contribution in [3.05, 3.63) is 0 Å². The molecule has 0 aromatic heterocycles. The first-order valence-electron chi connectivity index (χ1n) is 7.58. The fourth-order valence-corrected chi connectivity index (χ4v) is 2.87. The minimum absolute atomic E-state index is 0.148. The number of carboxylic acid groups (broad SMARTS) is 1. The number of nitrogens with zero attached hydrogens (tertiary/aromatic N) is 3. The predicted octanol–water partition coefficient (Wildman–Crippen LogP) is -0.676. The van der Waals surface area contributed by atoms with Crippen LogP contribution in [0.4, 0.5) is 0 Å². The second-order valence-electron chi connectivity index (χ2n) is 5.70. The van der Waals surface area contributed by atoms with Gasteiger partial charge in [-0.3, -0.25) is 19.4 Å². The monoisotopic (exact) mass is 299 g/mol. The summed E-state index contributed by atoms with van der Waals surface area (Å²) in [5, 5.41) is 9.04. The van der Waals surface area contributed by atoms with E-state index in [1.54, 1.807) is 6.92 Å². The van der Waals surface area contributed by atoms with E-state index in [0.717, 1.165) is 13.1 Å². The van der Waals surface area contributed by atoms with Gasteiger partial charge >= 0.3 is 5.97 Å². The van der Waals surface area contributed by atoms with Crippen LogP contribution in [0.15, 0.2) is 0 Å². The number of aliphatic carboxylic acids is 1. The SMILES string of the molecule is CC(C(=O)O)N1CCN(C(C)C(=O)N2CCOCC2)CC1. The molecule has 0 bridgehead atoms. The minimum Gasteiger partial charge on any atom is -0.480 e. The maximum absolute atomic E-state index is 12.4. The quantitative estimate of drug-likeness (QED) is 0.742. The maximum Gasteiger partial charge on any atom is 0.320 e. The Kier molecular flexibility index (Phi) is 5.55. The van der Waals surface area contributed by atoms with Crippen LogP contribution in [0.1, 0.15) is 13.8 Å². The van der Waals surface area contributed by atoms with Crippen molar-refractivity contribution in [1.82, 2.24) is 14.7 Å². The average molecular weight is 299 g/mol. The first-order valence-corrected chi connectivity index (χ1v) is 7.58. The van der Waals surface area contributed by atoms with Crippen LogP contribution >= 0.6 is 0 Å². The molecule has 1 amide bonds. The molecule has 2 atom stereocenters. The first kappa shape index (κ1) is 16.2. The maximum atomic E-state index is 12.4. The highest BCUT2D eigenvalue weighted by molar-refractivity contribution is 5.81. The Labute approximate surface area is 125 Å². The number of hydrogen-bond donors (Lipinski definition) is 1. The summed E-state index contributed by atoms with van der Waals surface area (Å²) in [6.07, 6.45) is 0. The van der Waals surface area contributed by atoms with E-state index in [1.807, 2.05) is 16.7 Å². The van der Waals surface area contributed by atoms with Gasteiger partial charge in [0.2, 0.25) is 5.91 Å². The molecular weight excluding hydrogens is 274 g/mol. The molecule has 2 aliphatic heterocycles. The molecule has 120 valence electrons. The fourth-order valence-electron chi connectivity index (χ4n) is 2.87. The van der Waals surface area contributed by atoms with Gasteiger partial charge in [-0.1, -0.05) is 0 Å². The van der Waals surface area contributed by atoms with E-state index in [2.05, 4.69) is 4.90 Å². The molecule has 2 fully saturated rings. The number of amides is 1. The Morgan fingerprint density at radius 1 is 0.905 bits per heavy atom. The number of ether oxygens (including phenoxy) is 1. The van der Waals surface area contributed by atoms with Crippen molar-refractivity contribution >= 4 is 11.9 Å². The summed E-state index contributed by atoms with van der Waals surface area (Å²) < 4.78 is 5.27. The number of piperazine rings is 1. The molecule has 0 spiro atoms. The molecule has 0 saturated carbocycles. The smallest absolute Gasteiger partial charge is 0.320 e. The summed E-state index contributed by atoms with van der Waals surface area (Å²) in [6.45, 7) is 9.05. The Bertz CT molecular complexity index is 376. The van der Waals surface area contributed by atoms with E-state index in [1.165, 1.54) is 0 Å². The zero-order valence-electron chi connectivity index (χ0n) is 12.8. The normalized spacial score (nSPS) is 24.6. The first-order chi connectivity index (χ1) is 10.0. The van der Waals surface area contributed by atoms with E-state index >= 15 is 0 Å². The molecule has 2 heterocycles. The van der Waals surface area contributed by atoms with Gasteiger partial charge < -0.3 is 14.7 Å². The molecule has 2 unspecified atom stereocenters. The van der Waals surface area contributed by atoms with Crippen LogP contribution in [0.5, 0.6) is 0 Å². The summed E-state index contributed by atoms with van der Waals surface area (Å²) in [6, 6.07) is -0.609. The van der Waals surface area contributed by atoms with Crippen molar-refractivity contribution in [3.8, 4) is 0 Å². The topological polar surface area (TPSA) is 73.3 Å². The third kappa shape index (κ3) is 3.93. The Balaban J connectivity index is 1.83. The number of morpholine rings is 1. The van der Waals surface area contributed by atoms with Gasteiger partial charge in [-0.15, -0.1) is 0 Å². The van der Waals surface area contributed by atoms with Crippen LogP contribution in [0.25, 0.3) is 0 Å². The summed E-state index contributed by atoms with van der Waals surface area (Å²) in [5.41, 5.74) is 0. The standard InChI is InChI=1S/C14H25N3O4/c1-11(13(18)17-7-9-21-10-8-17)15-3-5-16(6-4-15)12(2)14(19)20/h11-12H,3-10H2,1-2H3,(H,19,20). The number of rotatable bonds is 4. The summed E-state index contributed by atoms with van der Waals surface area (Å²) in [5.74, 6) is -0.640. The van der Waals surface area contributed by atoms with Crippen LogP contribution in [0.2, 0.25) is 0 Å². The van der Waals surface area contributed by atoms with Gasteiger partial charge in [0.25, 0.3) is 0 Å². The molecule has 1 N–H and O–H groups in total. The van der Waals surface area contributed by atoms with Crippen molar-refractivity contribution < 1.29 is 19.4 Å². The van der Waals surface area contributed by atoms with Crippen LogP contribution in [0, 0.1) is 0 Å². The van der Waals surface area contributed by atoms with Crippen LogP contribution in [-0.4, -0.2) is 96.2 Å². The van der Waals surface area contributed by atoms with Crippen LogP contribution in [-0.2, 0) is 14.3 Å². The highest BCUT2D eigenvalue weighted by Gasteiger charge is 2.31. The highest BCUT2D eigenvalue weighted by Crippen LogP contribution is 2.12. The zero-order valence-corrected chi connectivity index (χ0v) is 12.8.